The van der Waals surface area contributed by atoms with Gasteiger partial charge in [0.2, 0.25) is 5.91 Å². The Bertz CT molecular complexity index is 327. The number of urea groups is 1. The third kappa shape index (κ3) is 3.58. The highest BCUT2D eigenvalue weighted by atomic mass is 32.2. The molecule has 16 heavy (non-hydrogen) atoms. The van der Waals surface area contributed by atoms with Gasteiger partial charge in [-0.25, -0.2) is 4.79 Å². The summed E-state index contributed by atoms with van der Waals surface area (Å²) in [6, 6.07) is -0.390. The minimum absolute atomic E-state index is 0.191. The molecule has 0 aromatic carbocycles. The molecule has 1 rings (SSSR count). The molecule has 0 atom stereocenters. The van der Waals surface area contributed by atoms with Crippen molar-refractivity contribution in [3.05, 3.63) is 12.3 Å². The molecule has 0 radical (unpaired) electrons. The smallest absolute Gasteiger partial charge is 0.319 e. The monoisotopic (exact) mass is 243 g/mol. The molecule has 1 heterocycles. The van der Waals surface area contributed by atoms with E-state index in [0.717, 1.165) is 16.7 Å². The first-order valence-corrected chi connectivity index (χ1v) is 5.66. The van der Waals surface area contributed by atoms with Crippen molar-refractivity contribution in [2.75, 3.05) is 18.8 Å². The van der Waals surface area contributed by atoms with Gasteiger partial charge in [0.05, 0.1) is 5.75 Å². The molecule has 4 amide bonds. The zero-order valence-electron chi connectivity index (χ0n) is 8.91. The minimum atomic E-state index is -0.390. The molecule has 0 saturated carbocycles. The van der Waals surface area contributed by atoms with Crippen molar-refractivity contribution in [2.45, 2.75) is 6.92 Å². The Kier molecular flexibility index (Phi) is 4.36. The average molecular weight is 243 g/mol. The van der Waals surface area contributed by atoms with Gasteiger partial charge < -0.3 is 10.6 Å². The first-order valence-electron chi connectivity index (χ1n) is 4.68. The molecule has 0 aromatic rings. The maximum Gasteiger partial charge on any atom is 0.319 e. The summed E-state index contributed by atoms with van der Waals surface area (Å²) in [5.41, 5.74) is 0.529. The molecule has 1 aliphatic rings. The number of thioether (sulfide) groups is 1. The summed E-state index contributed by atoms with van der Waals surface area (Å²) < 4.78 is 0. The molecule has 0 bridgehead atoms. The highest BCUT2D eigenvalue weighted by Crippen LogP contribution is 2.17. The Morgan fingerprint density at radius 2 is 2.25 bits per heavy atom. The number of amides is 4. The van der Waals surface area contributed by atoms with Crippen LogP contribution in [0.25, 0.3) is 0 Å². The Labute approximate surface area is 97.4 Å². The van der Waals surface area contributed by atoms with Crippen molar-refractivity contribution in [2.24, 2.45) is 0 Å². The molecular weight excluding hydrogens is 230 g/mol. The van der Waals surface area contributed by atoms with E-state index in [0.29, 0.717) is 5.70 Å². The Balaban J connectivity index is 2.25. The number of allylic oxidation sites excluding steroid dienone is 1. The van der Waals surface area contributed by atoms with E-state index in [1.165, 1.54) is 0 Å². The molecule has 0 aromatic heterocycles. The van der Waals surface area contributed by atoms with E-state index in [1.807, 2.05) is 0 Å². The van der Waals surface area contributed by atoms with Crippen LogP contribution in [-0.2, 0) is 4.79 Å². The number of imide groups is 1. The number of nitrogens with zero attached hydrogens (tertiary/aromatic N) is 1. The molecular formula is C9H13N3O3S. The third-order valence-electron chi connectivity index (χ3n) is 1.79. The lowest BCUT2D eigenvalue weighted by atomic mass is 10.5. The van der Waals surface area contributed by atoms with Crippen LogP contribution in [0, 0.1) is 0 Å². The van der Waals surface area contributed by atoms with Crippen molar-refractivity contribution in [3.8, 4) is 0 Å². The summed E-state index contributed by atoms with van der Waals surface area (Å²) in [6.07, 6.45) is 0. The van der Waals surface area contributed by atoms with Gasteiger partial charge in [-0.05, 0) is 6.92 Å². The standard InChI is InChI=1S/C9H13N3O3S/c1-6(2)11-8(14)10-3-4-12-7(13)5-16-9(12)15/h1,3-5H2,2H3,(H2,10,11,14). The van der Waals surface area contributed by atoms with Crippen LogP contribution in [0.3, 0.4) is 0 Å². The Morgan fingerprint density at radius 1 is 1.56 bits per heavy atom. The van der Waals surface area contributed by atoms with Crippen LogP contribution >= 0.6 is 11.8 Å². The minimum Gasteiger partial charge on any atom is -0.336 e. The fraction of sp³-hybridized carbons (Fsp3) is 0.444. The first kappa shape index (κ1) is 12.6. The van der Waals surface area contributed by atoms with Crippen LogP contribution in [-0.4, -0.2) is 40.9 Å². The molecule has 2 N–H and O–H groups in total. The Morgan fingerprint density at radius 3 is 2.75 bits per heavy atom. The summed E-state index contributed by atoms with van der Waals surface area (Å²) in [5.74, 6) is -0.0197. The van der Waals surface area contributed by atoms with Crippen molar-refractivity contribution in [3.63, 3.8) is 0 Å². The maximum atomic E-state index is 11.2. The van der Waals surface area contributed by atoms with E-state index in [1.54, 1.807) is 6.92 Å². The maximum absolute atomic E-state index is 11.2. The van der Waals surface area contributed by atoms with Gasteiger partial charge in [-0.3, -0.25) is 14.5 Å². The van der Waals surface area contributed by atoms with Crippen molar-refractivity contribution in [1.82, 2.24) is 15.5 Å². The van der Waals surface area contributed by atoms with E-state index in [9.17, 15) is 14.4 Å². The number of carbonyl (C=O) groups excluding carboxylic acids is 3. The molecule has 0 aliphatic carbocycles. The highest BCUT2D eigenvalue weighted by molar-refractivity contribution is 8.14. The van der Waals surface area contributed by atoms with Gasteiger partial charge in [-0.1, -0.05) is 18.3 Å². The highest BCUT2D eigenvalue weighted by Gasteiger charge is 2.29. The second-order valence-electron chi connectivity index (χ2n) is 3.26. The molecule has 1 saturated heterocycles. The van der Waals surface area contributed by atoms with Crippen LogP contribution in [0.5, 0.6) is 0 Å². The summed E-state index contributed by atoms with van der Waals surface area (Å²) in [6.45, 7) is 5.60. The van der Waals surface area contributed by atoms with Gasteiger partial charge in [0.15, 0.2) is 0 Å². The summed E-state index contributed by atoms with van der Waals surface area (Å²) in [5, 5.41) is 4.71. The second-order valence-corrected chi connectivity index (χ2v) is 4.19. The topological polar surface area (TPSA) is 78.5 Å². The average Bonchev–Trinajstić information content (AvgIpc) is 2.47. The summed E-state index contributed by atoms with van der Waals surface area (Å²) in [7, 11) is 0. The predicted molar refractivity (Wildman–Crippen MR) is 60.9 cm³/mol. The van der Waals surface area contributed by atoms with Gasteiger partial charge in [0, 0.05) is 18.8 Å². The van der Waals surface area contributed by atoms with Gasteiger partial charge in [-0.15, -0.1) is 0 Å². The zero-order chi connectivity index (χ0) is 12.1. The molecule has 7 heteroatoms. The van der Waals surface area contributed by atoms with Crippen LogP contribution in [0.1, 0.15) is 6.92 Å². The van der Waals surface area contributed by atoms with Gasteiger partial charge >= 0.3 is 6.03 Å². The molecule has 88 valence electrons. The fourth-order valence-electron chi connectivity index (χ4n) is 1.12. The largest absolute Gasteiger partial charge is 0.336 e. The normalized spacial score (nSPS) is 15.2. The van der Waals surface area contributed by atoms with Gasteiger partial charge in [-0.2, -0.15) is 0 Å². The lowest BCUT2D eigenvalue weighted by Crippen LogP contribution is -2.41. The zero-order valence-corrected chi connectivity index (χ0v) is 9.73. The second kappa shape index (κ2) is 5.55. The van der Waals surface area contributed by atoms with Crippen LogP contribution in [0.15, 0.2) is 12.3 Å². The number of rotatable bonds is 4. The summed E-state index contributed by atoms with van der Waals surface area (Å²) >= 11 is 0.978. The quantitative estimate of drug-likeness (QED) is 0.754. The number of nitrogens with one attached hydrogen (secondary N) is 2. The molecule has 1 aliphatic heterocycles. The van der Waals surface area contributed by atoms with Crippen LogP contribution in [0.2, 0.25) is 0 Å². The van der Waals surface area contributed by atoms with E-state index >= 15 is 0 Å². The predicted octanol–water partition coefficient (Wildman–Crippen LogP) is 0.515. The van der Waals surface area contributed by atoms with Gasteiger partial charge in [0.25, 0.3) is 5.24 Å². The van der Waals surface area contributed by atoms with E-state index < -0.39 is 0 Å². The summed E-state index contributed by atoms with van der Waals surface area (Å²) in [4.78, 5) is 34.6. The van der Waals surface area contributed by atoms with Gasteiger partial charge in [0.1, 0.15) is 0 Å². The third-order valence-corrected chi connectivity index (χ3v) is 2.65. The number of hydrogen-bond acceptors (Lipinski definition) is 4. The Hall–Kier alpha value is -1.50. The van der Waals surface area contributed by atoms with E-state index in [4.69, 9.17) is 0 Å². The first-order chi connectivity index (χ1) is 7.50. The molecule has 6 nitrogen and oxygen atoms in total. The SMILES string of the molecule is C=C(C)NC(=O)NCCN1C(=O)CSC1=O. The lowest BCUT2D eigenvalue weighted by molar-refractivity contribution is -0.124. The van der Waals surface area contributed by atoms with Crippen molar-refractivity contribution < 1.29 is 14.4 Å². The van der Waals surface area contributed by atoms with E-state index in [2.05, 4.69) is 17.2 Å². The lowest BCUT2D eigenvalue weighted by Gasteiger charge is -2.13. The van der Waals surface area contributed by atoms with Crippen molar-refractivity contribution >= 4 is 28.9 Å². The van der Waals surface area contributed by atoms with Crippen molar-refractivity contribution in [1.29, 1.82) is 0 Å². The molecule has 1 fully saturated rings. The number of carbonyl (C=O) groups is 3. The van der Waals surface area contributed by atoms with Crippen LogP contribution < -0.4 is 10.6 Å². The number of hydrogen-bond donors (Lipinski definition) is 2. The molecule has 0 spiro atoms. The van der Waals surface area contributed by atoms with E-state index in [-0.39, 0.29) is 36.0 Å². The molecule has 0 unspecified atom stereocenters. The fourth-order valence-corrected chi connectivity index (χ4v) is 1.87. The van der Waals surface area contributed by atoms with Crippen LogP contribution in [0.4, 0.5) is 9.59 Å².